The van der Waals surface area contributed by atoms with Gasteiger partial charge in [-0.25, -0.2) is 4.79 Å². The molecule has 0 radical (unpaired) electrons. The Morgan fingerprint density at radius 1 is 1.18 bits per heavy atom. The zero-order valence-electron chi connectivity index (χ0n) is 18.6. The molecule has 1 amide bonds. The van der Waals surface area contributed by atoms with E-state index in [-0.39, 0.29) is 24.9 Å². The lowest BCUT2D eigenvalue weighted by Crippen LogP contribution is -2.15. The van der Waals surface area contributed by atoms with Gasteiger partial charge in [0.1, 0.15) is 12.4 Å². The number of carbonyl (C=O) groups excluding carboxylic acids is 2. The van der Waals surface area contributed by atoms with Gasteiger partial charge in [0.2, 0.25) is 5.91 Å². The molecule has 8 nitrogen and oxygen atoms in total. The van der Waals surface area contributed by atoms with Crippen LogP contribution >= 0.6 is 11.8 Å². The Labute approximate surface area is 197 Å². The molecule has 33 heavy (non-hydrogen) atoms. The van der Waals surface area contributed by atoms with Crippen LogP contribution in [0.2, 0.25) is 0 Å². The molecule has 0 aliphatic rings. The summed E-state index contributed by atoms with van der Waals surface area (Å²) in [7, 11) is 0. The number of thioether (sulfide) groups is 1. The van der Waals surface area contributed by atoms with Crippen LogP contribution in [0.1, 0.15) is 28.7 Å². The van der Waals surface area contributed by atoms with E-state index in [0.717, 1.165) is 11.3 Å². The molecule has 1 heterocycles. The first-order valence-electron chi connectivity index (χ1n) is 10.4. The SMILES string of the molecule is C=CCn1c(COc2ccc(C)cc2)nnc1SCC(=O)Nc1cccc(C(=O)OCC)c1. The Kier molecular flexibility index (Phi) is 8.65. The Balaban J connectivity index is 1.59. The van der Waals surface area contributed by atoms with Gasteiger partial charge in [-0.15, -0.1) is 16.8 Å². The maximum atomic E-state index is 12.5. The first-order chi connectivity index (χ1) is 16.0. The van der Waals surface area contributed by atoms with Crippen LogP contribution in [0, 0.1) is 6.92 Å². The lowest BCUT2D eigenvalue weighted by Gasteiger charge is -2.10. The molecule has 0 spiro atoms. The molecule has 0 unspecified atom stereocenters. The fourth-order valence-electron chi connectivity index (χ4n) is 2.89. The van der Waals surface area contributed by atoms with Gasteiger partial charge in [-0.3, -0.25) is 9.36 Å². The van der Waals surface area contributed by atoms with Crippen molar-refractivity contribution in [2.75, 3.05) is 17.7 Å². The number of anilines is 1. The quantitative estimate of drug-likeness (QED) is 0.256. The van der Waals surface area contributed by atoms with Gasteiger partial charge in [0.25, 0.3) is 0 Å². The van der Waals surface area contributed by atoms with E-state index >= 15 is 0 Å². The Morgan fingerprint density at radius 3 is 2.70 bits per heavy atom. The second kappa shape index (κ2) is 11.9. The molecule has 1 aromatic heterocycles. The molecule has 0 saturated carbocycles. The molecule has 172 valence electrons. The molecule has 0 fully saturated rings. The number of amides is 1. The zero-order valence-corrected chi connectivity index (χ0v) is 19.4. The number of rotatable bonds is 11. The average Bonchev–Trinajstić information content (AvgIpc) is 3.19. The van der Waals surface area contributed by atoms with Gasteiger partial charge in [0.15, 0.2) is 11.0 Å². The first-order valence-corrected chi connectivity index (χ1v) is 11.4. The summed E-state index contributed by atoms with van der Waals surface area (Å²) in [6.45, 7) is 8.57. The smallest absolute Gasteiger partial charge is 0.338 e. The minimum atomic E-state index is -0.430. The minimum Gasteiger partial charge on any atom is -0.486 e. The van der Waals surface area contributed by atoms with Crippen molar-refractivity contribution in [1.82, 2.24) is 14.8 Å². The Morgan fingerprint density at radius 2 is 1.97 bits per heavy atom. The van der Waals surface area contributed by atoms with Crippen molar-refractivity contribution in [3.63, 3.8) is 0 Å². The molecule has 0 aliphatic carbocycles. The highest BCUT2D eigenvalue weighted by Crippen LogP contribution is 2.20. The van der Waals surface area contributed by atoms with Gasteiger partial charge < -0.3 is 14.8 Å². The van der Waals surface area contributed by atoms with Gasteiger partial charge in [-0.1, -0.05) is 41.6 Å². The van der Waals surface area contributed by atoms with Crippen molar-refractivity contribution in [2.24, 2.45) is 0 Å². The fourth-order valence-corrected chi connectivity index (χ4v) is 3.66. The van der Waals surface area contributed by atoms with E-state index < -0.39 is 5.97 Å². The van der Waals surface area contributed by atoms with Gasteiger partial charge in [0, 0.05) is 12.2 Å². The van der Waals surface area contributed by atoms with Crippen molar-refractivity contribution in [1.29, 1.82) is 0 Å². The minimum absolute atomic E-state index is 0.123. The molecule has 0 atom stereocenters. The van der Waals surface area contributed by atoms with Crippen molar-refractivity contribution < 1.29 is 19.1 Å². The van der Waals surface area contributed by atoms with Crippen LogP contribution in [0.5, 0.6) is 5.75 Å². The Hall–Kier alpha value is -3.59. The number of benzene rings is 2. The summed E-state index contributed by atoms with van der Waals surface area (Å²) in [5, 5.41) is 11.8. The number of allylic oxidation sites excluding steroid dienone is 1. The molecule has 0 bridgehead atoms. The van der Waals surface area contributed by atoms with Crippen LogP contribution in [0.3, 0.4) is 0 Å². The maximum absolute atomic E-state index is 12.5. The van der Waals surface area contributed by atoms with E-state index in [1.165, 1.54) is 11.8 Å². The van der Waals surface area contributed by atoms with E-state index in [4.69, 9.17) is 9.47 Å². The summed E-state index contributed by atoms with van der Waals surface area (Å²) in [6, 6.07) is 14.4. The van der Waals surface area contributed by atoms with Crippen LogP contribution in [0.15, 0.2) is 66.3 Å². The lowest BCUT2D eigenvalue weighted by atomic mass is 10.2. The third kappa shape index (κ3) is 6.95. The van der Waals surface area contributed by atoms with Crippen LogP contribution < -0.4 is 10.1 Å². The predicted molar refractivity (Wildman–Crippen MR) is 127 cm³/mol. The number of nitrogens with zero attached hydrogens (tertiary/aromatic N) is 3. The highest BCUT2D eigenvalue weighted by atomic mass is 32.2. The van der Waals surface area contributed by atoms with E-state index in [1.807, 2.05) is 35.8 Å². The molecule has 2 aromatic carbocycles. The fraction of sp³-hybridized carbons (Fsp3) is 0.250. The summed E-state index contributed by atoms with van der Waals surface area (Å²) in [4.78, 5) is 24.3. The zero-order chi connectivity index (χ0) is 23.6. The van der Waals surface area contributed by atoms with Gasteiger partial charge in [-0.2, -0.15) is 0 Å². The van der Waals surface area contributed by atoms with E-state index in [2.05, 4.69) is 22.1 Å². The summed E-state index contributed by atoms with van der Waals surface area (Å²) in [6.07, 6.45) is 1.74. The van der Waals surface area contributed by atoms with Crippen LogP contribution in [0.4, 0.5) is 5.69 Å². The van der Waals surface area contributed by atoms with Gasteiger partial charge >= 0.3 is 5.97 Å². The largest absolute Gasteiger partial charge is 0.486 e. The highest BCUT2D eigenvalue weighted by Gasteiger charge is 2.15. The highest BCUT2D eigenvalue weighted by molar-refractivity contribution is 7.99. The summed E-state index contributed by atoms with van der Waals surface area (Å²) in [5.41, 5.74) is 2.05. The molecule has 3 aromatic rings. The molecule has 1 N–H and O–H groups in total. The first kappa shape index (κ1) is 24.1. The summed E-state index contributed by atoms with van der Waals surface area (Å²) < 4.78 is 12.7. The van der Waals surface area contributed by atoms with E-state index in [0.29, 0.717) is 28.8 Å². The maximum Gasteiger partial charge on any atom is 0.338 e. The lowest BCUT2D eigenvalue weighted by molar-refractivity contribution is -0.113. The van der Waals surface area contributed by atoms with E-state index in [1.54, 1.807) is 37.3 Å². The molecular weight excluding hydrogens is 440 g/mol. The van der Waals surface area contributed by atoms with Crippen LogP contribution in [0.25, 0.3) is 0 Å². The second-order valence-electron chi connectivity index (χ2n) is 7.04. The summed E-state index contributed by atoms with van der Waals surface area (Å²) in [5.74, 6) is 0.845. The molecule has 0 saturated heterocycles. The number of aromatic nitrogens is 3. The van der Waals surface area contributed by atoms with Crippen LogP contribution in [-0.4, -0.2) is 39.0 Å². The number of hydrogen-bond acceptors (Lipinski definition) is 7. The van der Waals surface area contributed by atoms with Crippen molar-refractivity contribution in [3.8, 4) is 5.75 Å². The van der Waals surface area contributed by atoms with Crippen molar-refractivity contribution in [3.05, 3.63) is 78.1 Å². The monoisotopic (exact) mass is 466 g/mol. The number of carbonyl (C=O) groups is 2. The third-order valence-corrected chi connectivity index (χ3v) is 5.45. The molecule has 9 heteroatoms. The van der Waals surface area contributed by atoms with Crippen LogP contribution in [-0.2, 0) is 22.7 Å². The van der Waals surface area contributed by atoms with Crippen molar-refractivity contribution in [2.45, 2.75) is 32.2 Å². The summed E-state index contributed by atoms with van der Waals surface area (Å²) >= 11 is 1.26. The topological polar surface area (TPSA) is 95.3 Å². The third-order valence-electron chi connectivity index (χ3n) is 4.48. The number of nitrogens with one attached hydrogen (secondary N) is 1. The Bertz CT molecular complexity index is 1110. The number of ether oxygens (including phenoxy) is 2. The molecule has 3 rings (SSSR count). The number of aryl methyl sites for hydroxylation is 1. The standard InChI is InChI=1S/C24H26N4O4S/c1-4-13-28-21(15-32-20-11-9-17(3)10-12-20)26-27-24(28)33-16-22(29)25-19-8-6-7-18(14-19)23(30)31-5-2/h4,6-12,14H,1,5,13,15-16H2,2-3H3,(H,25,29). The molecule has 0 aliphatic heterocycles. The average molecular weight is 467 g/mol. The van der Waals surface area contributed by atoms with Crippen molar-refractivity contribution >= 4 is 29.3 Å². The van der Waals surface area contributed by atoms with Gasteiger partial charge in [-0.05, 0) is 44.2 Å². The number of hydrogen-bond donors (Lipinski definition) is 1. The normalized spacial score (nSPS) is 10.5. The second-order valence-corrected chi connectivity index (χ2v) is 7.98. The molecular formula is C24H26N4O4S. The predicted octanol–water partition coefficient (Wildman–Crippen LogP) is 4.26. The van der Waals surface area contributed by atoms with Gasteiger partial charge in [0.05, 0.1) is 17.9 Å². The van der Waals surface area contributed by atoms with E-state index in [9.17, 15) is 9.59 Å². The number of esters is 1.